The molecule has 0 rings (SSSR count). The summed E-state index contributed by atoms with van der Waals surface area (Å²) in [6.45, 7) is 0. The average molecular weight is 117 g/mol. The molecule has 0 unspecified atom stereocenters. The smallest absolute Gasteiger partial charge is 0.273 e. The first kappa shape index (κ1) is 6.47. The summed E-state index contributed by atoms with van der Waals surface area (Å²) in [5, 5.41) is 14.0. The highest BCUT2D eigenvalue weighted by Crippen LogP contribution is 1.57. The molecule has 0 fully saturated rings. The van der Waals surface area contributed by atoms with Crippen LogP contribution >= 0.6 is 0 Å². The van der Waals surface area contributed by atoms with Crippen LogP contribution in [0.25, 0.3) is 0 Å². The van der Waals surface area contributed by atoms with Crippen molar-refractivity contribution in [3.05, 3.63) is 10.1 Å². The van der Waals surface area contributed by atoms with E-state index >= 15 is 0 Å². The van der Waals surface area contributed by atoms with Crippen molar-refractivity contribution in [3.8, 4) is 0 Å². The number of hydrazine groups is 1. The van der Waals surface area contributed by atoms with Gasteiger partial charge in [0.25, 0.3) is 6.34 Å². The van der Waals surface area contributed by atoms with Gasteiger partial charge in [0.05, 0.1) is 10.1 Å². The maximum Gasteiger partial charge on any atom is 0.273 e. The Hall–Kier alpha value is -1.53. The van der Waals surface area contributed by atoms with Crippen LogP contribution < -0.4 is 5.53 Å². The SMILES string of the molecule is N=NC=NN[N+](=O)[O-]. The summed E-state index contributed by atoms with van der Waals surface area (Å²) in [5.41, 5.74) is 7.48. The Morgan fingerprint density at radius 3 is 2.88 bits per heavy atom. The lowest BCUT2D eigenvalue weighted by Crippen LogP contribution is -2.13. The average Bonchev–Trinajstić information content (AvgIpc) is 1.66. The van der Waals surface area contributed by atoms with Crippen LogP contribution in [0.3, 0.4) is 0 Å². The van der Waals surface area contributed by atoms with Gasteiger partial charge >= 0.3 is 0 Å². The van der Waals surface area contributed by atoms with E-state index in [9.17, 15) is 10.1 Å². The molecule has 0 bridgehead atoms. The van der Waals surface area contributed by atoms with E-state index in [1.807, 2.05) is 0 Å². The minimum Gasteiger partial charge on any atom is -0.339 e. The first-order valence-corrected chi connectivity index (χ1v) is 1.55. The normalized spacial score (nSPS) is 9.00. The molecule has 0 saturated carbocycles. The third kappa shape index (κ3) is 4.47. The molecule has 44 valence electrons. The standard InChI is InChI=1S/CH3N5O2/c2-3-1-4-5-6(7)8/h1-2,5H. The summed E-state index contributed by atoms with van der Waals surface area (Å²) in [4.78, 5) is 9.35. The van der Waals surface area contributed by atoms with Crippen LogP contribution in [0.5, 0.6) is 0 Å². The molecule has 8 heavy (non-hydrogen) atoms. The van der Waals surface area contributed by atoms with Crippen molar-refractivity contribution in [2.45, 2.75) is 0 Å². The van der Waals surface area contributed by atoms with Crippen LogP contribution in [-0.4, -0.2) is 11.4 Å². The lowest BCUT2D eigenvalue weighted by Gasteiger charge is -1.82. The third-order valence-electron chi connectivity index (χ3n) is 0.255. The monoisotopic (exact) mass is 117 g/mol. The first-order valence-electron chi connectivity index (χ1n) is 1.55. The third-order valence-corrected chi connectivity index (χ3v) is 0.255. The Kier molecular flexibility index (Phi) is 2.95. The summed E-state index contributed by atoms with van der Waals surface area (Å²) in [7, 11) is 0. The van der Waals surface area contributed by atoms with Gasteiger partial charge in [0.1, 0.15) is 0 Å². The fourth-order valence-corrected chi connectivity index (χ4v) is 0.102. The van der Waals surface area contributed by atoms with Crippen molar-refractivity contribution in [1.29, 1.82) is 5.53 Å². The Bertz CT molecular complexity index is 118. The minimum absolute atomic E-state index is 0.711. The summed E-state index contributed by atoms with van der Waals surface area (Å²) in [6.07, 6.45) is 0.711. The molecule has 0 radical (unpaired) electrons. The first-order chi connectivity index (χ1) is 3.77. The largest absolute Gasteiger partial charge is 0.339 e. The van der Waals surface area contributed by atoms with E-state index in [-0.39, 0.29) is 0 Å². The number of rotatable bonds is 3. The molecule has 0 heterocycles. The van der Waals surface area contributed by atoms with Crippen LogP contribution in [-0.2, 0) is 0 Å². The molecule has 0 saturated heterocycles. The highest BCUT2D eigenvalue weighted by Gasteiger charge is 1.80. The van der Waals surface area contributed by atoms with Crippen LogP contribution in [0, 0.1) is 15.6 Å². The minimum atomic E-state index is -0.859. The molecule has 0 aromatic rings. The molecular weight excluding hydrogens is 114 g/mol. The van der Waals surface area contributed by atoms with Crippen LogP contribution in [0.1, 0.15) is 0 Å². The number of nitro groups is 1. The van der Waals surface area contributed by atoms with Crippen LogP contribution in [0.2, 0.25) is 0 Å². The van der Waals surface area contributed by atoms with Gasteiger partial charge in [0.2, 0.25) is 0 Å². The van der Waals surface area contributed by atoms with Crippen LogP contribution in [0.4, 0.5) is 0 Å². The number of hydrogen-bond acceptors (Lipinski definition) is 4. The molecule has 2 N–H and O–H groups in total. The topological polar surface area (TPSA) is 104 Å². The number of nitrogens with zero attached hydrogens (tertiary/aromatic N) is 3. The number of nitrogens with one attached hydrogen (secondary N) is 2. The Balaban J connectivity index is 3.29. The zero-order chi connectivity index (χ0) is 6.41. The van der Waals surface area contributed by atoms with E-state index in [0.717, 1.165) is 0 Å². The Labute approximate surface area is 44.0 Å². The number of hydrazone groups is 1. The summed E-state index contributed by atoms with van der Waals surface area (Å²) in [5.74, 6) is 0. The maximum absolute atomic E-state index is 9.35. The van der Waals surface area contributed by atoms with Crippen LogP contribution in [0.15, 0.2) is 10.2 Å². The van der Waals surface area contributed by atoms with Gasteiger partial charge in [-0.3, -0.25) is 0 Å². The molecular formula is CH3N5O2. The highest BCUT2D eigenvalue weighted by molar-refractivity contribution is 5.53. The maximum atomic E-state index is 9.35. The van der Waals surface area contributed by atoms with Gasteiger partial charge in [0.15, 0.2) is 0 Å². The van der Waals surface area contributed by atoms with Gasteiger partial charge in [-0.1, -0.05) is 0 Å². The zero-order valence-corrected chi connectivity index (χ0v) is 3.74. The lowest BCUT2D eigenvalue weighted by atomic mass is 11.4. The van der Waals surface area contributed by atoms with Crippen molar-refractivity contribution >= 4 is 6.34 Å². The van der Waals surface area contributed by atoms with Gasteiger partial charge in [-0.25, -0.2) is 5.53 Å². The molecule has 0 aromatic carbocycles. The second-order valence-corrected chi connectivity index (χ2v) is 0.731. The highest BCUT2D eigenvalue weighted by atomic mass is 16.7. The van der Waals surface area contributed by atoms with E-state index in [4.69, 9.17) is 5.53 Å². The van der Waals surface area contributed by atoms with E-state index in [2.05, 4.69) is 10.2 Å². The Morgan fingerprint density at radius 1 is 1.88 bits per heavy atom. The van der Waals surface area contributed by atoms with E-state index in [1.165, 1.54) is 5.53 Å². The zero-order valence-electron chi connectivity index (χ0n) is 3.74. The van der Waals surface area contributed by atoms with Gasteiger partial charge in [-0.2, -0.15) is 0 Å². The summed E-state index contributed by atoms with van der Waals surface area (Å²) >= 11 is 0. The molecule has 0 atom stereocenters. The van der Waals surface area contributed by atoms with E-state index < -0.39 is 5.03 Å². The second-order valence-electron chi connectivity index (χ2n) is 0.731. The van der Waals surface area contributed by atoms with E-state index in [1.54, 1.807) is 0 Å². The molecule has 0 aliphatic carbocycles. The fourth-order valence-electron chi connectivity index (χ4n) is 0.102. The van der Waals surface area contributed by atoms with E-state index in [0.29, 0.717) is 6.34 Å². The Morgan fingerprint density at radius 2 is 2.50 bits per heavy atom. The molecule has 0 spiro atoms. The van der Waals surface area contributed by atoms with Crippen molar-refractivity contribution in [3.63, 3.8) is 0 Å². The van der Waals surface area contributed by atoms with Gasteiger partial charge in [-0.05, 0) is 5.53 Å². The second kappa shape index (κ2) is 3.65. The molecule has 0 aliphatic heterocycles. The van der Waals surface area contributed by atoms with Crippen molar-refractivity contribution in [2.75, 3.05) is 0 Å². The van der Waals surface area contributed by atoms with Gasteiger partial charge in [-0.15, -0.1) is 5.11 Å². The lowest BCUT2D eigenvalue weighted by molar-refractivity contribution is -0.544. The molecule has 7 nitrogen and oxygen atoms in total. The van der Waals surface area contributed by atoms with Crippen molar-refractivity contribution in [2.24, 2.45) is 10.2 Å². The van der Waals surface area contributed by atoms with Gasteiger partial charge in [0, 0.05) is 0 Å². The summed E-state index contributed by atoms with van der Waals surface area (Å²) < 4.78 is 0. The predicted molar refractivity (Wildman–Crippen MR) is 23.8 cm³/mol. The molecule has 0 aliphatic rings. The fraction of sp³-hybridized carbons (Fsp3) is 0. The van der Waals surface area contributed by atoms with Gasteiger partial charge < -0.3 is 10.1 Å². The quantitative estimate of drug-likeness (QED) is 0.175. The molecule has 0 aromatic heterocycles. The summed E-state index contributed by atoms with van der Waals surface area (Å²) in [6, 6.07) is 0. The number of hydrogen-bond donors (Lipinski definition) is 2. The molecule has 0 amide bonds. The van der Waals surface area contributed by atoms with Crippen molar-refractivity contribution in [1.82, 2.24) is 5.53 Å². The van der Waals surface area contributed by atoms with Crippen molar-refractivity contribution < 1.29 is 5.03 Å². The predicted octanol–water partition coefficient (Wildman–Crippen LogP) is -0.258. The molecule has 7 heteroatoms.